The predicted octanol–water partition coefficient (Wildman–Crippen LogP) is 3.54. The molecular weight excluding hydrogens is 236 g/mol. The van der Waals surface area contributed by atoms with E-state index in [1.54, 1.807) is 6.92 Å². The molecule has 0 aliphatic carbocycles. The fourth-order valence-electron chi connectivity index (χ4n) is 3.03. The highest BCUT2D eigenvalue weighted by Gasteiger charge is 2.31. The number of aliphatic hydroxyl groups is 1. The minimum Gasteiger partial charge on any atom is -0.387 e. The molecule has 0 saturated carbocycles. The number of aromatic nitrogens is 1. The molecular formula is C16H26N2O. The molecule has 1 N–H and O–H groups in total. The van der Waals surface area contributed by atoms with Crippen molar-refractivity contribution >= 4 is 5.69 Å². The van der Waals surface area contributed by atoms with E-state index in [1.165, 1.54) is 31.4 Å². The van der Waals surface area contributed by atoms with Crippen LogP contribution in [0.3, 0.4) is 0 Å². The molecule has 0 bridgehead atoms. The summed E-state index contributed by atoms with van der Waals surface area (Å²) >= 11 is 0. The van der Waals surface area contributed by atoms with E-state index in [9.17, 15) is 5.11 Å². The van der Waals surface area contributed by atoms with Crippen LogP contribution in [0.5, 0.6) is 0 Å². The molecule has 1 atom stereocenters. The van der Waals surface area contributed by atoms with E-state index in [4.69, 9.17) is 0 Å². The van der Waals surface area contributed by atoms with Gasteiger partial charge in [-0.1, -0.05) is 26.7 Å². The van der Waals surface area contributed by atoms with Crippen molar-refractivity contribution in [3.63, 3.8) is 0 Å². The monoisotopic (exact) mass is 262 g/mol. The largest absolute Gasteiger partial charge is 0.387 e. The average Bonchev–Trinajstić information content (AvgIpc) is 2.47. The van der Waals surface area contributed by atoms with Crippen LogP contribution in [0.15, 0.2) is 18.3 Å². The molecule has 0 amide bonds. The summed E-state index contributed by atoms with van der Waals surface area (Å²) in [7, 11) is 0. The molecule has 0 aromatic carbocycles. The molecule has 106 valence electrons. The maximum atomic E-state index is 9.48. The van der Waals surface area contributed by atoms with E-state index in [-0.39, 0.29) is 0 Å². The molecule has 0 unspecified atom stereocenters. The van der Waals surface area contributed by atoms with Gasteiger partial charge in [0.1, 0.15) is 0 Å². The second-order valence-corrected chi connectivity index (χ2v) is 5.81. The van der Waals surface area contributed by atoms with Gasteiger partial charge in [-0.25, -0.2) is 0 Å². The Bertz CT molecular complexity index is 386. The molecule has 0 spiro atoms. The van der Waals surface area contributed by atoms with Crippen LogP contribution in [0.2, 0.25) is 0 Å². The average molecular weight is 262 g/mol. The van der Waals surface area contributed by atoms with Crippen molar-refractivity contribution in [2.45, 2.75) is 52.6 Å². The van der Waals surface area contributed by atoms with Gasteiger partial charge in [-0.2, -0.15) is 0 Å². The van der Waals surface area contributed by atoms with E-state index < -0.39 is 6.10 Å². The molecule has 1 aliphatic heterocycles. The summed E-state index contributed by atoms with van der Waals surface area (Å²) < 4.78 is 0. The Hall–Kier alpha value is -1.09. The first-order valence-corrected chi connectivity index (χ1v) is 7.49. The Morgan fingerprint density at radius 2 is 1.89 bits per heavy atom. The summed E-state index contributed by atoms with van der Waals surface area (Å²) in [5.74, 6) is 0. The zero-order valence-electron chi connectivity index (χ0n) is 12.4. The van der Waals surface area contributed by atoms with Gasteiger partial charge in [0, 0.05) is 13.1 Å². The van der Waals surface area contributed by atoms with Crippen molar-refractivity contribution in [1.82, 2.24) is 4.98 Å². The molecule has 1 aromatic rings. The first-order chi connectivity index (χ1) is 9.10. The number of nitrogens with zero attached hydrogens (tertiary/aromatic N) is 2. The number of anilines is 1. The van der Waals surface area contributed by atoms with Gasteiger partial charge in [-0.3, -0.25) is 4.98 Å². The van der Waals surface area contributed by atoms with Crippen LogP contribution < -0.4 is 4.90 Å². The van der Waals surface area contributed by atoms with E-state index in [1.807, 2.05) is 12.3 Å². The van der Waals surface area contributed by atoms with Gasteiger partial charge in [0.15, 0.2) is 0 Å². The van der Waals surface area contributed by atoms with Crippen molar-refractivity contribution < 1.29 is 5.11 Å². The minimum absolute atomic E-state index is 0.483. The maximum Gasteiger partial charge on any atom is 0.0931 e. The third-order valence-electron chi connectivity index (χ3n) is 4.89. The van der Waals surface area contributed by atoms with Gasteiger partial charge in [0.2, 0.25) is 0 Å². The van der Waals surface area contributed by atoms with Crippen molar-refractivity contribution in [2.75, 3.05) is 18.0 Å². The van der Waals surface area contributed by atoms with Gasteiger partial charge in [-0.15, -0.1) is 0 Å². The first-order valence-electron chi connectivity index (χ1n) is 7.49. The van der Waals surface area contributed by atoms with Gasteiger partial charge < -0.3 is 10.0 Å². The molecule has 1 aromatic heterocycles. The summed E-state index contributed by atoms with van der Waals surface area (Å²) in [5.41, 5.74) is 2.49. The third kappa shape index (κ3) is 3.08. The summed E-state index contributed by atoms with van der Waals surface area (Å²) in [4.78, 5) is 6.76. The molecule has 0 radical (unpaired) electrons. The van der Waals surface area contributed by atoms with E-state index in [0.29, 0.717) is 5.41 Å². The van der Waals surface area contributed by atoms with Crippen LogP contribution >= 0.6 is 0 Å². The topological polar surface area (TPSA) is 36.4 Å². The number of aliphatic hydroxyl groups excluding tert-OH is 1. The van der Waals surface area contributed by atoms with Gasteiger partial charge in [-0.05, 0) is 37.3 Å². The fourth-order valence-corrected chi connectivity index (χ4v) is 3.03. The Kier molecular flexibility index (Phi) is 4.46. The maximum absolute atomic E-state index is 9.48. The molecule has 1 saturated heterocycles. The highest BCUT2D eigenvalue weighted by molar-refractivity contribution is 5.45. The van der Waals surface area contributed by atoms with Crippen molar-refractivity contribution in [2.24, 2.45) is 5.41 Å². The molecule has 2 heterocycles. The zero-order valence-corrected chi connectivity index (χ0v) is 12.4. The van der Waals surface area contributed by atoms with Crippen LogP contribution in [0.1, 0.15) is 58.3 Å². The number of piperidine rings is 1. The second kappa shape index (κ2) is 5.91. The molecule has 1 aliphatic rings. The lowest BCUT2D eigenvalue weighted by Gasteiger charge is -2.41. The van der Waals surface area contributed by atoms with Crippen molar-refractivity contribution in [3.05, 3.63) is 24.0 Å². The van der Waals surface area contributed by atoms with E-state index in [2.05, 4.69) is 29.8 Å². The summed E-state index contributed by atoms with van der Waals surface area (Å²) in [5, 5.41) is 9.48. The zero-order chi connectivity index (χ0) is 13.9. The quantitative estimate of drug-likeness (QED) is 0.901. The Morgan fingerprint density at radius 1 is 1.26 bits per heavy atom. The van der Waals surface area contributed by atoms with Crippen LogP contribution in [0.25, 0.3) is 0 Å². The van der Waals surface area contributed by atoms with Crippen LogP contribution in [0.4, 0.5) is 5.69 Å². The number of pyridine rings is 1. The normalized spacial score (nSPS) is 20.3. The standard InChI is InChI=1S/C16H26N2O/c1-4-16(5-2)8-10-18(11-9-16)14-6-7-15(13(3)19)17-12-14/h6-7,12-13,19H,4-5,8-11H2,1-3H3/t13-/m1/s1. The summed E-state index contributed by atoms with van der Waals surface area (Å²) in [6.45, 7) is 8.63. The van der Waals surface area contributed by atoms with Crippen LogP contribution in [-0.2, 0) is 0 Å². The lowest BCUT2D eigenvalue weighted by Crippen LogP contribution is -2.39. The predicted molar refractivity (Wildman–Crippen MR) is 79.3 cm³/mol. The van der Waals surface area contributed by atoms with Crippen LogP contribution in [0, 0.1) is 5.41 Å². The number of hydrogen-bond donors (Lipinski definition) is 1. The molecule has 1 fully saturated rings. The highest BCUT2D eigenvalue weighted by Crippen LogP contribution is 2.38. The van der Waals surface area contributed by atoms with Crippen molar-refractivity contribution in [3.8, 4) is 0 Å². The third-order valence-corrected chi connectivity index (χ3v) is 4.89. The Balaban J connectivity index is 2.01. The van der Waals surface area contributed by atoms with Gasteiger partial charge >= 0.3 is 0 Å². The Labute approximate surface area is 116 Å². The lowest BCUT2D eigenvalue weighted by molar-refractivity contribution is 0.194. The van der Waals surface area contributed by atoms with Crippen molar-refractivity contribution in [1.29, 1.82) is 0 Å². The highest BCUT2D eigenvalue weighted by atomic mass is 16.3. The smallest absolute Gasteiger partial charge is 0.0931 e. The molecule has 3 heteroatoms. The van der Waals surface area contributed by atoms with E-state index >= 15 is 0 Å². The summed E-state index contributed by atoms with van der Waals surface area (Å²) in [6.07, 6.45) is 6.54. The van der Waals surface area contributed by atoms with Crippen LogP contribution in [-0.4, -0.2) is 23.2 Å². The lowest BCUT2D eigenvalue weighted by atomic mass is 9.74. The molecule has 2 rings (SSSR count). The number of rotatable bonds is 4. The second-order valence-electron chi connectivity index (χ2n) is 5.81. The first kappa shape index (κ1) is 14.3. The summed E-state index contributed by atoms with van der Waals surface area (Å²) in [6, 6.07) is 4.02. The number of hydrogen-bond acceptors (Lipinski definition) is 3. The van der Waals surface area contributed by atoms with Gasteiger partial charge in [0.25, 0.3) is 0 Å². The Morgan fingerprint density at radius 3 is 2.32 bits per heavy atom. The van der Waals surface area contributed by atoms with E-state index in [0.717, 1.165) is 18.8 Å². The SMILES string of the molecule is CCC1(CC)CCN(c2ccc([C@@H](C)O)nc2)CC1. The minimum atomic E-state index is -0.483. The fraction of sp³-hybridized carbons (Fsp3) is 0.688. The molecule has 3 nitrogen and oxygen atoms in total. The van der Waals surface area contributed by atoms with Gasteiger partial charge in [0.05, 0.1) is 23.7 Å². The molecule has 19 heavy (non-hydrogen) atoms.